The number of halogens is 3. The summed E-state index contributed by atoms with van der Waals surface area (Å²) in [6.45, 7) is 11.3. The molecule has 12 heteroatoms. The molecule has 3 heterocycles. The topological polar surface area (TPSA) is 102 Å². The monoisotopic (exact) mass is 532 g/mol. The summed E-state index contributed by atoms with van der Waals surface area (Å²) in [5.74, 6) is 0.411. The predicted octanol–water partition coefficient (Wildman–Crippen LogP) is 5.71. The minimum Gasteiger partial charge on any atom is -0.444 e. The van der Waals surface area contributed by atoms with E-state index in [2.05, 4.69) is 30.7 Å². The number of anilines is 3. The molecule has 4 rings (SSSR count). The Bertz CT molecular complexity index is 1320. The quantitative estimate of drug-likeness (QED) is 0.431. The third-order valence-electron chi connectivity index (χ3n) is 5.90. The Hall–Kier alpha value is -3.67. The molecule has 9 nitrogen and oxygen atoms in total. The van der Waals surface area contributed by atoms with Crippen LogP contribution < -0.4 is 15.5 Å². The number of alkyl halides is 3. The molecule has 38 heavy (non-hydrogen) atoms. The summed E-state index contributed by atoms with van der Waals surface area (Å²) in [6.07, 6.45) is -5.59. The van der Waals surface area contributed by atoms with Crippen LogP contribution in [-0.2, 0) is 15.7 Å². The summed E-state index contributed by atoms with van der Waals surface area (Å²) in [5, 5.41) is 15.7. The Kier molecular flexibility index (Phi) is 7.63. The van der Waals surface area contributed by atoms with Gasteiger partial charge >= 0.3 is 12.3 Å². The first-order valence-electron chi connectivity index (χ1n) is 12.3. The summed E-state index contributed by atoms with van der Waals surface area (Å²) in [7, 11) is 0. The highest BCUT2D eigenvalue weighted by atomic mass is 19.4. The number of aromatic nitrogens is 3. The molecule has 3 aromatic rings. The number of ether oxygens (including phenoxy) is 2. The normalized spacial score (nSPS) is 15.3. The van der Waals surface area contributed by atoms with E-state index in [0.717, 1.165) is 41.3 Å². The zero-order valence-corrected chi connectivity index (χ0v) is 21.9. The Morgan fingerprint density at radius 2 is 1.79 bits per heavy atom. The van der Waals surface area contributed by atoms with E-state index in [1.165, 1.54) is 6.07 Å². The van der Waals surface area contributed by atoms with Crippen molar-refractivity contribution in [1.82, 2.24) is 15.2 Å². The average molecular weight is 533 g/mol. The number of amides is 1. The van der Waals surface area contributed by atoms with Crippen LogP contribution in [0.4, 0.5) is 35.2 Å². The second-order valence-corrected chi connectivity index (χ2v) is 10.1. The summed E-state index contributed by atoms with van der Waals surface area (Å²) < 4.78 is 51.6. The number of benzene rings is 1. The van der Waals surface area contributed by atoms with E-state index in [1.54, 1.807) is 27.7 Å². The van der Waals surface area contributed by atoms with Crippen molar-refractivity contribution in [1.29, 1.82) is 0 Å². The molecule has 0 bridgehead atoms. The molecule has 204 valence electrons. The SMILES string of the molecule is Cc1nnc(N[C@H](C)c2cc(NC(=O)OC(C)(C)C)cc(C(F)(F)F)n2)c2cc(N3CCOCC3)ccc12. The van der Waals surface area contributed by atoms with Crippen LogP contribution in [0.3, 0.4) is 0 Å². The van der Waals surface area contributed by atoms with Crippen molar-refractivity contribution < 1.29 is 27.4 Å². The fourth-order valence-electron chi connectivity index (χ4n) is 4.09. The van der Waals surface area contributed by atoms with Gasteiger partial charge in [0, 0.05) is 35.2 Å². The van der Waals surface area contributed by atoms with E-state index in [4.69, 9.17) is 9.47 Å². The van der Waals surface area contributed by atoms with Gasteiger partial charge in [-0.3, -0.25) is 5.32 Å². The van der Waals surface area contributed by atoms with E-state index in [-0.39, 0.29) is 11.4 Å². The van der Waals surface area contributed by atoms with E-state index in [9.17, 15) is 18.0 Å². The van der Waals surface area contributed by atoms with Gasteiger partial charge in [0.05, 0.1) is 30.6 Å². The number of rotatable bonds is 5. The Labute approximate surface area is 218 Å². The highest BCUT2D eigenvalue weighted by molar-refractivity contribution is 5.95. The molecule has 1 aromatic carbocycles. The van der Waals surface area contributed by atoms with Gasteiger partial charge in [0.25, 0.3) is 0 Å². The minimum atomic E-state index is -4.72. The smallest absolute Gasteiger partial charge is 0.433 e. The molecule has 1 atom stereocenters. The van der Waals surface area contributed by atoms with Crippen molar-refractivity contribution in [3.8, 4) is 0 Å². The van der Waals surface area contributed by atoms with Crippen LogP contribution in [0.25, 0.3) is 10.8 Å². The fraction of sp³-hybridized carbons (Fsp3) is 0.462. The van der Waals surface area contributed by atoms with Crippen LogP contribution in [0, 0.1) is 6.92 Å². The standard InChI is InChI=1S/C26H31F3N6O3/c1-15-19-7-6-18(35-8-10-37-11-9-35)14-20(19)23(34-33-15)30-16(2)21-12-17(13-22(32-21)26(27,28)29)31-24(36)38-25(3,4)5/h6-7,12-14,16H,8-11H2,1-5H3,(H,30,34)(H,31,32,36)/t16-/m1/s1. The molecular formula is C26H31F3N6O3. The van der Waals surface area contributed by atoms with Gasteiger partial charge in [0.2, 0.25) is 0 Å². The van der Waals surface area contributed by atoms with E-state index >= 15 is 0 Å². The zero-order chi connectivity index (χ0) is 27.7. The van der Waals surface area contributed by atoms with Crippen molar-refractivity contribution in [2.45, 2.75) is 52.4 Å². The number of hydrogen-bond donors (Lipinski definition) is 2. The number of nitrogens with zero attached hydrogens (tertiary/aromatic N) is 4. The first-order chi connectivity index (χ1) is 17.8. The summed E-state index contributed by atoms with van der Waals surface area (Å²) in [4.78, 5) is 18.2. The van der Waals surface area contributed by atoms with Gasteiger partial charge in [0.1, 0.15) is 11.3 Å². The fourth-order valence-corrected chi connectivity index (χ4v) is 4.09. The maximum absolute atomic E-state index is 13.7. The largest absolute Gasteiger partial charge is 0.444 e. The molecule has 0 aliphatic carbocycles. The third kappa shape index (κ3) is 6.60. The van der Waals surface area contributed by atoms with Gasteiger partial charge in [-0.2, -0.15) is 18.3 Å². The van der Waals surface area contributed by atoms with Gasteiger partial charge < -0.3 is 19.7 Å². The number of aryl methyl sites for hydroxylation is 1. The Balaban J connectivity index is 1.66. The second-order valence-electron chi connectivity index (χ2n) is 10.1. The molecule has 0 radical (unpaired) electrons. The highest BCUT2D eigenvalue weighted by Gasteiger charge is 2.34. The Morgan fingerprint density at radius 3 is 2.45 bits per heavy atom. The van der Waals surface area contributed by atoms with Crippen LogP contribution in [0.15, 0.2) is 30.3 Å². The molecule has 1 saturated heterocycles. The Morgan fingerprint density at radius 1 is 1.08 bits per heavy atom. The van der Waals surface area contributed by atoms with Gasteiger partial charge in [0.15, 0.2) is 5.82 Å². The maximum Gasteiger partial charge on any atom is 0.433 e. The van der Waals surface area contributed by atoms with E-state index in [1.807, 2.05) is 25.1 Å². The van der Waals surface area contributed by atoms with Crippen LogP contribution in [0.2, 0.25) is 0 Å². The van der Waals surface area contributed by atoms with Gasteiger partial charge in [-0.05, 0) is 58.9 Å². The predicted molar refractivity (Wildman–Crippen MR) is 138 cm³/mol. The van der Waals surface area contributed by atoms with Gasteiger partial charge in [-0.25, -0.2) is 9.78 Å². The molecule has 1 fully saturated rings. The molecule has 2 aromatic heterocycles. The van der Waals surface area contributed by atoms with Crippen molar-refractivity contribution >= 4 is 34.1 Å². The first-order valence-corrected chi connectivity index (χ1v) is 12.3. The van der Waals surface area contributed by atoms with Crippen molar-refractivity contribution in [2.75, 3.05) is 41.8 Å². The van der Waals surface area contributed by atoms with Gasteiger partial charge in [-0.15, -0.1) is 5.10 Å². The summed E-state index contributed by atoms with van der Waals surface area (Å²) in [6, 6.07) is 7.41. The molecular weight excluding hydrogens is 501 g/mol. The minimum absolute atomic E-state index is 0.0609. The number of nitrogens with one attached hydrogen (secondary N) is 2. The second kappa shape index (κ2) is 10.6. The number of carbonyl (C=O) groups is 1. The molecule has 1 aliphatic heterocycles. The van der Waals surface area contributed by atoms with Crippen molar-refractivity contribution in [2.24, 2.45) is 0 Å². The zero-order valence-electron chi connectivity index (χ0n) is 21.9. The molecule has 1 amide bonds. The van der Waals surface area contributed by atoms with Gasteiger partial charge in [-0.1, -0.05) is 6.07 Å². The number of hydrogen-bond acceptors (Lipinski definition) is 8. The van der Waals surface area contributed by atoms with Crippen LogP contribution in [0.1, 0.15) is 50.8 Å². The number of morpholine rings is 1. The lowest BCUT2D eigenvalue weighted by molar-refractivity contribution is -0.141. The van der Waals surface area contributed by atoms with Crippen molar-refractivity contribution in [3.63, 3.8) is 0 Å². The van der Waals surface area contributed by atoms with Crippen molar-refractivity contribution in [3.05, 3.63) is 47.4 Å². The number of pyridine rings is 1. The number of fused-ring (bicyclic) bond motifs is 1. The molecule has 0 unspecified atom stereocenters. The van der Waals surface area contributed by atoms with E-state index < -0.39 is 29.6 Å². The van der Waals surface area contributed by atoms with Crippen LogP contribution >= 0.6 is 0 Å². The number of carbonyl (C=O) groups excluding carboxylic acids is 1. The maximum atomic E-state index is 13.7. The van der Waals surface area contributed by atoms with E-state index in [0.29, 0.717) is 19.0 Å². The molecule has 1 aliphatic rings. The van der Waals surface area contributed by atoms with Crippen LogP contribution in [0.5, 0.6) is 0 Å². The highest BCUT2D eigenvalue weighted by Crippen LogP contribution is 2.33. The summed E-state index contributed by atoms with van der Waals surface area (Å²) in [5.41, 5.74) is -0.250. The lowest BCUT2D eigenvalue weighted by Gasteiger charge is -2.29. The molecule has 0 spiro atoms. The summed E-state index contributed by atoms with van der Waals surface area (Å²) >= 11 is 0. The molecule has 2 N–H and O–H groups in total. The molecule has 0 saturated carbocycles. The lowest BCUT2D eigenvalue weighted by atomic mass is 10.1. The lowest BCUT2D eigenvalue weighted by Crippen LogP contribution is -2.36. The average Bonchev–Trinajstić information content (AvgIpc) is 2.84. The third-order valence-corrected chi connectivity index (χ3v) is 5.90. The first kappa shape index (κ1) is 27.4. The van der Waals surface area contributed by atoms with Crippen LogP contribution in [-0.4, -0.2) is 53.2 Å².